The quantitative estimate of drug-likeness (QED) is 0.862. The Morgan fingerprint density at radius 3 is 2.59 bits per heavy atom. The SMILES string of the molecule is CCc1ccc(C2CN=C(N)N2C2CC2)cc1. The highest BCUT2D eigenvalue weighted by molar-refractivity contribution is 5.81. The number of guanidine groups is 1. The van der Waals surface area contributed by atoms with Gasteiger partial charge in [-0.05, 0) is 30.4 Å². The van der Waals surface area contributed by atoms with Crippen molar-refractivity contribution in [1.82, 2.24) is 4.90 Å². The van der Waals surface area contributed by atoms with Gasteiger partial charge in [-0.15, -0.1) is 0 Å². The Kier molecular flexibility index (Phi) is 2.54. The largest absolute Gasteiger partial charge is 0.370 e. The Morgan fingerprint density at radius 1 is 1.29 bits per heavy atom. The first-order chi connectivity index (χ1) is 8.29. The highest BCUT2D eigenvalue weighted by Gasteiger charge is 2.38. The number of hydrogen-bond donors (Lipinski definition) is 1. The number of aliphatic imine (C=N–C) groups is 1. The van der Waals surface area contributed by atoms with Crippen LogP contribution < -0.4 is 5.73 Å². The van der Waals surface area contributed by atoms with Crippen molar-refractivity contribution in [2.45, 2.75) is 38.3 Å². The Morgan fingerprint density at radius 2 is 2.00 bits per heavy atom. The summed E-state index contributed by atoms with van der Waals surface area (Å²) in [6.07, 6.45) is 3.62. The van der Waals surface area contributed by atoms with Crippen LogP contribution in [0.3, 0.4) is 0 Å². The zero-order chi connectivity index (χ0) is 11.8. The topological polar surface area (TPSA) is 41.6 Å². The van der Waals surface area contributed by atoms with Crippen molar-refractivity contribution in [3.8, 4) is 0 Å². The van der Waals surface area contributed by atoms with Crippen molar-refractivity contribution in [2.75, 3.05) is 6.54 Å². The van der Waals surface area contributed by atoms with E-state index < -0.39 is 0 Å². The third kappa shape index (κ3) is 1.90. The van der Waals surface area contributed by atoms with Crippen LogP contribution in [0.25, 0.3) is 0 Å². The highest BCUT2D eigenvalue weighted by Crippen LogP contribution is 2.36. The Balaban J connectivity index is 1.83. The summed E-state index contributed by atoms with van der Waals surface area (Å²) in [4.78, 5) is 6.71. The fourth-order valence-corrected chi connectivity index (χ4v) is 2.55. The second-order valence-corrected chi connectivity index (χ2v) is 4.95. The molecule has 1 saturated carbocycles. The molecule has 1 unspecified atom stereocenters. The first-order valence-electron chi connectivity index (χ1n) is 6.46. The summed E-state index contributed by atoms with van der Waals surface area (Å²) in [7, 11) is 0. The van der Waals surface area contributed by atoms with E-state index in [0.29, 0.717) is 12.1 Å². The standard InChI is InChI=1S/C14H19N3/c1-2-10-3-5-11(6-4-10)13-9-16-14(15)17(13)12-7-8-12/h3-6,12-13H,2,7-9H2,1H3,(H2,15,16). The maximum Gasteiger partial charge on any atom is 0.192 e. The second-order valence-electron chi connectivity index (χ2n) is 4.95. The van der Waals surface area contributed by atoms with Gasteiger partial charge in [0.05, 0.1) is 12.6 Å². The molecule has 3 nitrogen and oxygen atoms in total. The molecule has 0 amide bonds. The smallest absolute Gasteiger partial charge is 0.192 e. The van der Waals surface area contributed by atoms with Gasteiger partial charge in [0.2, 0.25) is 0 Å². The Labute approximate surface area is 102 Å². The summed E-state index contributed by atoms with van der Waals surface area (Å²) in [5.41, 5.74) is 8.71. The van der Waals surface area contributed by atoms with Gasteiger partial charge in [-0.25, -0.2) is 0 Å². The molecule has 1 aliphatic heterocycles. The molecule has 3 heteroatoms. The van der Waals surface area contributed by atoms with Gasteiger partial charge in [-0.3, -0.25) is 4.99 Å². The molecule has 17 heavy (non-hydrogen) atoms. The summed E-state index contributed by atoms with van der Waals surface area (Å²) in [5.74, 6) is 0.733. The molecule has 1 aromatic carbocycles. The molecular formula is C14H19N3. The molecule has 1 aliphatic carbocycles. The van der Waals surface area contributed by atoms with Crippen LogP contribution in [0.4, 0.5) is 0 Å². The molecule has 0 aromatic heterocycles. The molecule has 2 N–H and O–H groups in total. The summed E-state index contributed by atoms with van der Waals surface area (Å²) >= 11 is 0. The molecule has 90 valence electrons. The van der Waals surface area contributed by atoms with E-state index in [1.807, 2.05) is 0 Å². The van der Waals surface area contributed by atoms with Gasteiger partial charge < -0.3 is 10.6 Å². The van der Waals surface area contributed by atoms with E-state index in [1.165, 1.54) is 24.0 Å². The van der Waals surface area contributed by atoms with Gasteiger partial charge >= 0.3 is 0 Å². The number of rotatable bonds is 3. The van der Waals surface area contributed by atoms with Gasteiger partial charge in [0, 0.05) is 6.04 Å². The van der Waals surface area contributed by atoms with Crippen LogP contribution in [-0.2, 0) is 6.42 Å². The highest BCUT2D eigenvalue weighted by atomic mass is 15.4. The number of aryl methyl sites for hydroxylation is 1. The number of benzene rings is 1. The van der Waals surface area contributed by atoms with Crippen LogP contribution in [0.1, 0.15) is 36.9 Å². The molecule has 1 atom stereocenters. The van der Waals surface area contributed by atoms with E-state index in [0.717, 1.165) is 18.9 Å². The van der Waals surface area contributed by atoms with Crippen molar-refractivity contribution >= 4 is 5.96 Å². The van der Waals surface area contributed by atoms with Crippen molar-refractivity contribution in [1.29, 1.82) is 0 Å². The molecule has 1 aromatic rings. The lowest BCUT2D eigenvalue weighted by Gasteiger charge is -2.26. The normalized spacial score (nSPS) is 23.9. The van der Waals surface area contributed by atoms with Gasteiger partial charge in [0.25, 0.3) is 0 Å². The van der Waals surface area contributed by atoms with Crippen molar-refractivity contribution in [3.63, 3.8) is 0 Å². The molecule has 0 spiro atoms. The lowest BCUT2D eigenvalue weighted by Crippen LogP contribution is -2.37. The van der Waals surface area contributed by atoms with E-state index in [-0.39, 0.29) is 0 Å². The van der Waals surface area contributed by atoms with E-state index in [9.17, 15) is 0 Å². The first kappa shape index (κ1) is 10.6. The van der Waals surface area contributed by atoms with E-state index in [1.54, 1.807) is 0 Å². The van der Waals surface area contributed by atoms with Gasteiger partial charge in [-0.1, -0.05) is 31.2 Å². The second kappa shape index (κ2) is 4.06. The zero-order valence-electron chi connectivity index (χ0n) is 10.3. The van der Waals surface area contributed by atoms with E-state index in [4.69, 9.17) is 5.73 Å². The van der Waals surface area contributed by atoms with Crippen LogP contribution in [0.15, 0.2) is 29.3 Å². The summed E-state index contributed by atoms with van der Waals surface area (Å²) in [6, 6.07) is 9.90. The molecular weight excluding hydrogens is 210 g/mol. The molecule has 3 rings (SSSR count). The predicted molar refractivity (Wildman–Crippen MR) is 69.9 cm³/mol. The van der Waals surface area contributed by atoms with Gasteiger partial charge in [0.1, 0.15) is 0 Å². The summed E-state index contributed by atoms with van der Waals surface area (Å²) in [5, 5.41) is 0. The lowest BCUT2D eigenvalue weighted by atomic mass is 10.0. The van der Waals surface area contributed by atoms with Crippen LogP contribution in [0.5, 0.6) is 0 Å². The van der Waals surface area contributed by atoms with Crippen LogP contribution in [0.2, 0.25) is 0 Å². The molecule has 1 fully saturated rings. The zero-order valence-corrected chi connectivity index (χ0v) is 10.3. The third-order valence-corrected chi connectivity index (χ3v) is 3.74. The lowest BCUT2D eigenvalue weighted by molar-refractivity contribution is 0.338. The van der Waals surface area contributed by atoms with E-state index in [2.05, 4.69) is 41.1 Å². The minimum absolute atomic E-state index is 0.369. The van der Waals surface area contributed by atoms with Crippen LogP contribution in [-0.4, -0.2) is 23.4 Å². The molecule has 2 aliphatic rings. The average molecular weight is 229 g/mol. The van der Waals surface area contributed by atoms with Gasteiger partial charge in [0.15, 0.2) is 5.96 Å². The minimum Gasteiger partial charge on any atom is -0.370 e. The summed E-state index contributed by atoms with van der Waals surface area (Å²) in [6.45, 7) is 3.00. The van der Waals surface area contributed by atoms with E-state index >= 15 is 0 Å². The number of nitrogens with zero attached hydrogens (tertiary/aromatic N) is 2. The Bertz CT molecular complexity index is 431. The van der Waals surface area contributed by atoms with Crippen LogP contribution >= 0.6 is 0 Å². The Hall–Kier alpha value is -1.51. The maximum absolute atomic E-state index is 5.98. The minimum atomic E-state index is 0.369. The number of hydrogen-bond acceptors (Lipinski definition) is 3. The van der Waals surface area contributed by atoms with Crippen molar-refractivity contribution in [2.24, 2.45) is 10.7 Å². The molecule has 0 radical (unpaired) electrons. The predicted octanol–water partition coefficient (Wildman–Crippen LogP) is 2.08. The first-order valence-corrected chi connectivity index (χ1v) is 6.46. The van der Waals surface area contributed by atoms with Crippen molar-refractivity contribution < 1.29 is 0 Å². The third-order valence-electron chi connectivity index (χ3n) is 3.74. The average Bonchev–Trinajstić information content (AvgIpc) is 3.13. The summed E-state index contributed by atoms with van der Waals surface area (Å²) < 4.78 is 0. The van der Waals surface area contributed by atoms with Gasteiger partial charge in [-0.2, -0.15) is 0 Å². The molecule has 0 bridgehead atoms. The maximum atomic E-state index is 5.98. The molecule has 1 heterocycles. The van der Waals surface area contributed by atoms with Crippen molar-refractivity contribution in [3.05, 3.63) is 35.4 Å². The molecule has 0 saturated heterocycles. The fraction of sp³-hybridized carbons (Fsp3) is 0.500. The van der Waals surface area contributed by atoms with Crippen LogP contribution in [0, 0.1) is 0 Å². The fourth-order valence-electron chi connectivity index (χ4n) is 2.55. The monoisotopic (exact) mass is 229 g/mol. The number of nitrogens with two attached hydrogens (primary N) is 1.